The van der Waals surface area contributed by atoms with Crippen molar-refractivity contribution in [1.82, 2.24) is 5.32 Å². The van der Waals surface area contributed by atoms with Crippen LogP contribution in [0.2, 0.25) is 0 Å². The first-order chi connectivity index (χ1) is 8.45. The zero-order valence-electron chi connectivity index (χ0n) is 11.1. The predicted molar refractivity (Wildman–Crippen MR) is 66.4 cm³/mol. The topological polar surface area (TPSA) is 64.4 Å². The summed E-state index contributed by atoms with van der Waals surface area (Å²) in [6.07, 6.45) is -1.18. The summed E-state index contributed by atoms with van der Waals surface area (Å²) in [5.41, 5.74) is 5.59. The number of halogens is 2. The molecule has 0 saturated carbocycles. The second kappa shape index (κ2) is 10.2. The van der Waals surface area contributed by atoms with Crippen LogP contribution < -0.4 is 11.1 Å². The fourth-order valence-electron chi connectivity index (χ4n) is 1.70. The van der Waals surface area contributed by atoms with Crippen LogP contribution in [0.3, 0.4) is 0 Å². The summed E-state index contributed by atoms with van der Waals surface area (Å²) in [5, 5.41) is 2.63. The zero-order valence-corrected chi connectivity index (χ0v) is 11.1. The van der Waals surface area contributed by atoms with Crippen molar-refractivity contribution in [2.75, 3.05) is 26.3 Å². The highest BCUT2D eigenvalue weighted by Gasteiger charge is 2.13. The first-order valence-corrected chi connectivity index (χ1v) is 6.28. The SMILES string of the molecule is CC(C)C[C@H](CN)CC(=O)NCCOCC(F)F. The van der Waals surface area contributed by atoms with Crippen molar-refractivity contribution in [2.24, 2.45) is 17.6 Å². The Morgan fingerprint density at radius 1 is 1.39 bits per heavy atom. The van der Waals surface area contributed by atoms with Gasteiger partial charge in [0.1, 0.15) is 6.61 Å². The van der Waals surface area contributed by atoms with E-state index in [1.54, 1.807) is 0 Å². The van der Waals surface area contributed by atoms with Gasteiger partial charge < -0.3 is 15.8 Å². The van der Waals surface area contributed by atoms with Crippen LogP contribution in [-0.4, -0.2) is 38.6 Å². The van der Waals surface area contributed by atoms with Gasteiger partial charge in [-0.3, -0.25) is 4.79 Å². The lowest BCUT2D eigenvalue weighted by molar-refractivity contribution is -0.122. The monoisotopic (exact) mass is 266 g/mol. The van der Waals surface area contributed by atoms with E-state index in [-0.39, 0.29) is 25.0 Å². The maximum absolute atomic E-state index is 11.7. The minimum Gasteiger partial charge on any atom is -0.374 e. The Morgan fingerprint density at radius 2 is 2.06 bits per heavy atom. The van der Waals surface area contributed by atoms with Gasteiger partial charge in [0, 0.05) is 13.0 Å². The van der Waals surface area contributed by atoms with Gasteiger partial charge in [-0.2, -0.15) is 0 Å². The van der Waals surface area contributed by atoms with E-state index >= 15 is 0 Å². The third-order valence-corrected chi connectivity index (χ3v) is 2.42. The van der Waals surface area contributed by atoms with Crippen LogP contribution in [0.4, 0.5) is 8.78 Å². The number of rotatable bonds is 10. The molecular weight excluding hydrogens is 242 g/mol. The second-order valence-electron chi connectivity index (χ2n) is 4.75. The first-order valence-electron chi connectivity index (χ1n) is 6.28. The molecule has 0 aliphatic carbocycles. The summed E-state index contributed by atoms with van der Waals surface area (Å²) in [6, 6.07) is 0. The van der Waals surface area contributed by atoms with Crippen LogP contribution in [0, 0.1) is 11.8 Å². The van der Waals surface area contributed by atoms with Crippen LogP contribution in [0.5, 0.6) is 0 Å². The van der Waals surface area contributed by atoms with Gasteiger partial charge in [-0.25, -0.2) is 8.78 Å². The summed E-state index contributed by atoms with van der Waals surface area (Å²) < 4.78 is 28.1. The quantitative estimate of drug-likeness (QED) is 0.587. The number of nitrogens with one attached hydrogen (secondary N) is 1. The minimum absolute atomic E-state index is 0.105. The molecule has 0 aromatic heterocycles. The van der Waals surface area contributed by atoms with Crippen molar-refractivity contribution in [1.29, 1.82) is 0 Å². The smallest absolute Gasteiger partial charge is 0.261 e. The van der Waals surface area contributed by atoms with Gasteiger partial charge in [0.15, 0.2) is 0 Å². The lowest BCUT2D eigenvalue weighted by Crippen LogP contribution is -2.31. The molecule has 3 N–H and O–H groups in total. The number of amides is 1. The highest BCUT2D eigenvalue weighted by Crippen LogP contribution is 2.13. The molecule has 4 nitrogen and oxygen atoms in total. The molecule has 1 atom stereocenters. The van der Waals surface area contributed by atoms with Gasteiger partial charge in [0.2, 0.25) is 5.91 Å². The molecule has 0 rings (SSSR count). The molecule has 0 aliphatic rings. The number of carbonyl (C=O) groups is 1. The number of ether oxygens (including phenoxy) is 1. The van der Waals surface area contributed by atoms with E-state index in [1.807, 2.05) is 0 Å². The second-order valence-corrected chi connectivity index (χ2v) is 4.75. The van der Waals surface area contributed by atoms with E-state index in [2.05, 4.69) is 23.9 Å². The summed E-state index contributed by atoms with van der Waals surface area (Å²) in [6.45, 7) is 4.41. The molecule has 0 bridgehead atoms. The average molecular weight is 266 g/mol. The number of hydrogen-bond donors (Lipinski definition) is 2. The van der Waals surface area contributed by atoms with Gasteiger partial charge in [-0.1, -0.05) is 13.8 Å². The molecule has 18 heavy (non-hydrogen) atoms. The fourth-order valence-corrected chi connectivity index (χ4v) is 1.70. The Hall–Kier alpha value is -0.750. The Bertz CT molecular complexity index is 226. The van der Waals surface area contributed by atoms with Crippen molar-refractivity contribution in [3.63, 3.8) is 0 Å². The minimum atomic E-state index is -2.46. The highest BCUT2D eigenvalue weighted by atomic mass is 19.3. The van der Waals surface area contributed by atoms with Crippen LogP contribution in [0.25, 0.3) is 0 Å². The van der Waals surface area contributed by atoms with E-state index < -0.39 is 13.0 Å². The van der Waals surface area contributed by atoms with Crippen molar-refractivity contribution in [3.05, 3.63) is 0 Å². The Morgan fingerprint density at radius 3 is 2.56 bits per heavy atom. The van der Waals surface area contributed by atoms with Crippen LogP contribution in [0.15, 0.2) is 0 Å². The van der Waals surface area contributed by atoms with E-state index in [1.165, 1.54) is 0 Å². The van der Waals surface area contributed by atoms with E-state index in [0.29, 0.717) is 18.9 Å². The standard InChI is InChI=1S/C12H24F2N2O2/c1-9(2)5-10(7-15)6-12(17)16-3-4-18-8-11(13)14/h9-11H,3-8,15H2,1-2H3,(H,16,17)/t10-/m0/s1. The first kappa shape index (κ1) is 17.2. The summed E-state index contributed by atoms with van der Waals surface area (Å²) >= 11 is 0. The molecule has 1 amide bonds. The van der Waals surface area contributed by atoms with Crippen LogP contribution >= 0.6 is 0 Å². The average Bonchev–Trinajstić information content (AvgIpc) is 2.26. The lowest BCUT2D eigenvalue weighted by atomic mass is 9.94. The molecular formula is C12H24F2N2O2. The zero-order chi connectivity index (χ0) is 14.0. The summed E-state index contributed by atoms with van der Waals surface area (Å²) in [4.78, 5) is 11.5. The van der Waals surface area contributed by atoms with E-state index in [0.717, 1.165) is 6.42 Å². The molecule has 0 radical (unpaired) electrons. The van der Waals surface area contributed by atoms with E-state index in [4.69, 9.17) is 5.73 Å². The molecule has 0 fully saturated rings. The Kier molecular flexibility index (Phi) is 9.77. The van der Waals surface area contributed by atoms with Gasteiger partial charge in [-0.15, -0.1) is 0 Å². The molecule has 0 aromatic rings. The molecule has 0 unspecified atom stereocenters. The number of alkyl halides is 2. The molecule has 6 heteroatoms. The molecule has 0 heterocycles. The maximum atomic E-state index is 11.7. The molecule has 0 saturated heterocycles. The Balaban J connectivity index is 3.62. The Labute approximate surface area is 107 Å². The predicted octanol–water partition coefficient (Wildman–Crippen LogP) is 1.40. The van der Waals surface area contributed by atoms with Crippen LogP contribution in [0.1, 0.15) is 26.7 Å². The molecule has 0 aliphatic heterocycles. The number of nitrogens with two attached hydrogens (primary N) is 1. The molecule has 108 valence electrons. The lowest BCUT2D eigenvalue weighted by Gasteiger charge is -2.16. The van der Waals surface area contributed by atoms with Crippen LogP contribution in [-0.2, 0) is 9.53 Å². The largest absolute Gasteiger partial charge is 0.374 e. The van der Waals surface area contributed by atoms with E-state index in [9.17, 15) is 13.6 Å². The molecule has 0 spiro atoms. The van der Waals surface area contributed by atoms with Crippen molar-refractivity contribution >= 4 is 5.91 Å². The summed E-state index contributed by atoms with van der Waals surface area (Å²) in [5.74, 6) is 0.569. The third kappa shape index (κ3) is 10.4. The highest BCUT2D eigenvalue weighted by molar-refractivity contribution is 5.76. The van der Waals surface area contributed by atoms with Crippen molar-refractivity contribution < 1.29 is 18.3 Å². The van der Waals surface area contributed by atoms with Gasteiger partial charge in [0.25, 0.3) is 6.43 Å². The normalized spacial score (nSPS) is 13.1. The van der Waals surface area contributed by atoms with Gasteiger partial charge in [-0.05, 0) is 24.8 Å². The summed E-state index contributed by atoms with van der Waals surface area (Å²) in [7, 11) is 0. The maximum Gasteiger partial charge on any atom is 0.261 e. The van der Waals surface area contributed by atoms with Crippen molar-refractivity contribution in [2.45, 2.75) is 33.1 Å². The van der Waals surface area contributed by atoms with Gasteiger partial charge in [0.05, 0.1) is 6.61 Å². The third-order valence-electron chi connectivity index (χ3n) is 2.42. The fraction of sp³-hybridized carbons (Fsp3) is 0.917. The van der Waals surface area contributed by atoms with Crippen molar-refractivity contribution in [3.8, 4) is 0 Å². The molecule has 0 aromatic carbocycles. The number of hydrogen-bond acceptors (Lipinski definition) is 3. The van der Waals surface area contributed by atoms with Gasteiger partial charge >= 0.3 is 0 Å². The number of carbonyl (C=O) groups excluding carboxylic acids is 1.